The number of anilines is 1. The molecule has 0 bridgehead atoms. The summed E-state index contributed by atoms with van der Waals surface area (Å²) in [6, 6.07) is 6.82. The van der Waals surface area contributed by atoms with E-state index in [4.69, 9.17) is 13.6 Å². The zero-order valence-corrected chi connectivity index (χ0v) is 19.7. The van der Waals surface area contributed by atoms with Gasteiger partial charge in [0, 0.05) is 23.4 Å². The summed E-state index contributed by atoms with van der Waals surface area (Å²) in [6.07, 6.45) is -0.0749. The van der Waals surface area contributed by atoms with E-state index in [2.05, 4.69) is 45.3 Å². The molecule has 32 heavy (non-hydrogen) atoms. The maximum atomic E-state index is 12.5. The molecule has 0 radical (unpaired) electrons. The van der Waals surface area contributed by atoms with Crippen LogP contribution >= 0.6 is 15.9 Å². The molecule has 2 N–H and O–H groups in total. The Morgan fingerprint density at radius 1 is 1.06 bits per heavy atom. The molecule has 2 aromatic heterocycles. The van der Waals surface area contributed by atoms with E-state index < -0.39 is 16.5 Å². The number of halogens is 1. The van der Waals surface area contributed by atoms with Crippen LogP contribution in [0.4, 0.5) is 5.82 Å². The predicted octanol–water partition coefficient (Wildman–Crippen LogP) is 3.12. The molecular weight excluding hydrogens is 500 g/mol. The van der Waals surface area contributed by atoms with Crippen LogP contribution in [0.25, 0.3) is 11.1 Å². The van der Waals surface area contributed by atoms with Crippen molar-refractivity contribution in [1.82, 2.24) is 24.7 Å². The molecule has 0 spiro atoms. The third-order valence-corrected chi connectivity index (χ3v) is 5.44. The van der Waals surface area contributed by atoms with E-state index >= 15 is 0 Å². The molecule has 12 heteroatoms. The molecule has 170 valence electrons. The summed E-state index contributed by atoms with van der Waals surface area (Å²) < 4.78 is 65.0. The van der Waals surface area contributed by atoms with Crippen molar-refractivity contribution in [3.63, 3.8) is 0 Å². The van der Waals surface area contributed by atoms with Gasteiger partial charge in [0.1, 0.15) is 20.9 Å². The van der Waals surface area contributed by atoms with Crippen LogP contribution < -0.4 is 18.9 Å². The molecule has 2 heterocycles. The van der Waals surface area contributed by atoms with Crippen LogP contribution in [0.3, 0.4) is 0 Å². The average Bonchev–Trinajstić information content (AvgIpc) is 2.79. The fraction of sp³-hybridized carbons (Fsp3) is 0.300. The SMILES string of the molecule is [2H]c1nc(NS(=O)(=O)NCCC)c(-c2ccc(Br)cc2)c(OCCOc2nc([2H])c(C)c([2H])n2)n1. The summed E-state index contributed by atoms with van der Waals surface area (Å²) in [5, 5.41) is 0. The van der Waals surface area contributed by atoms with Gasteiger partial charge in [0.15, 0.2) is 5.82 Å². The molecule has 3 rings (SSSR count). The Balaban J connectivity index is 1.87. The van der Waals surface area contributed by atoms with Gasteiger partial charge in [-0.1, -0.05) is 35.0 Å². The van der Waals surface area contributed by atoms with Crippen molar-refractivity contribution in [2.45, 2.75) is 20.3 Å². The molecule has 0 aliphatic carbocycles. The highest BCUT2D eigenvalue weighted by molar-refractivity contribution is 9.10. The molecule has 3 aromatic rings. The zero-order valence-electron chi connectivity index (χ0n) is 20.3. The lowest BCUT2D eigenvalue weighted by Crippen LogP contribution is -2.31. The van der Waals surface area contributed by atoms with Gasteiger partial charge >= 0.3 is 6.01 Å². The van der Waals surface area contributed by atoms with Gasteiger partial charge in [0.05, 0.1) is 8.30 Å². The third-order valence-electron chi connectivity index (χ3n) is 3.86. The molecule has 0 saturated carbocycles. The van der Waals surface area contributed by atoms with Crippen molar-refractivity contribution in [2.75, 3.05) is 24.5 Å². The van der Waals surface area contributed by atoms with Crippen LogP contribution in [0.15, 0.2) is 47.4 Å². The number of nitrogens with zero attached hydrogens (tertiary/aromatic N) is 4. The largest absolute Gasteiger partial charge is 0.473 e. The van der Waals surface area contributed by atoms with Crippen LogP contribution in [0, 0.1) is 6.92 Å². The van der Waals surface area contributed by atoms with E-state index in [1.807, 2.05) is 6.92 Å². The Bertz CT molecular complexity index is 1280. The lowest BCUT2D eigenvalue weighted by Gasteiger charge is -2.15. The minimum Gasteiger partial charge on any atom is -0.473 e. The quantitative estimate of drug-likeness (QED) is 0.365. The fourth-order valence-electron chi connectivity index (χ4n) is 2.44. The molecule has 1 aromatic carbocycles. The smallest absolute Gasteiger partial charge is 0.316 e. The van der Waals surface area contributed by atoms with E-state index in [9.17, 15) is 8.42 Å². The first-order valence-corrected chi connectivity index (χ1v) is 11.9. The van der Waals surface area contributed by atoms with Gasteiger partial charge in [-0.25, -0.2) is 19.9 Å². The Labute approximate surface area is 199 Å². The molecule has 0 saturated heterocycles. The van der Waals surface area contributed by atoms with Crippen molar-refractivity contribution in [1.29, 1.82) is 0 Å². The summed E-state index contributed by atoms with van der Waals surface area (Å²) in [5.74, 6) is -0.150. The Kier molecular flexibility index (Phi) is 6.91. The zero-order chi connectivity index (χ0) is 25.6. The monoisotopic (exact) mass is 525 g/mol. The lowest BCUT2D eigenvalue weighted by molar-refractivity contribution is 0.202. The van der Waals surface area contributed by atoms with Gasteiger partial charge < -0.3 is 9.47 Å². The van der Waals surface area contributed by atoms with Gasteiger partial charge in [-0.05, 0) is 36.6 Å². The number of benzene rings is 1. The topological polar surface area (TPSA) is 128 Å². The van der Waals surface area contributed by atoms with Gasteiger partial charge in [0.2, 0.25) is 5.88 Å². The second-order valence-electron chi connectivity index (χ2n) is 6.41. The number of hydrogen-bond acceptors (Lipinski definition) is 8. The van der Waals surface area contributed by atoms with Gasteiger partial charge in [0.25, 0.3) is 10.2 Å². The van der Waals surface area contributed by atoms with Crippen LogP contribution in [0.5, 0.6) is 11.9 Å². The van der Waals surface area contributed by atoms with E-state index in [0.717, 1.165) is 4.47 Å². The summed E-state index contributed by atoms with van der Waals surface area (Å²) in [7, 11) is -3.96. The minimum atomic E-state index is -3.96. The Morgan fingerprint density at radius 2 is 1.75 bits per heavy atom. The number of nitrogens with one attached hydrogen (secondary N) is 2. The first-order valence-electron chi connectivity index (χ1n) is 11.1. The van der Waals surface area contributed by atoms with Crippen molar-refractivity contribution in [3.05, 3.63) is 53.0 Å². The Morgan fingerprint density at radius 3 is 2.44 bits per heavy atom. The molecule has 0 fully saturated rings. The third kappa shape index (κ3) is 6.84. The average molecular weight is 526 g/mol. The molecule has 0 unspecified atom stereocenters. The van der Waals surface area contributed by atoms with Gasteiger partial charge in [-0.2, -0.15) is 13.1 Å². The normalized spacial score (nSPS) is 12.5. The second-order valence-corrected chi connectivity index (χ2v) is 8.83. The number of rotatable bonds is 11. The van der Waals surface area contributed by atoms with Crippen molar-refractivity contribution in [2.24, 2.45) is 0 Å². The van der Waals surface area contributed by atoms with Crippen LogP contribution in [-0.4, -0.2) is 48.1 Å². The highest BCUT2D eigenvalue weighted by Crippen LogP contribution is 2.34. The van der Waals surface area contributed by atoms with Crippen molar-refractivity contribution in [3.8, 4) is 23.0 Å². The summed E-state index contributed by atoms with van der Waals surface area (Å²) in [5.41, 5.74) is 1.13. The van der Waals surface area contributed by atoms with Crippen molar-refractivity contribution >= 4 is 32.0 Å². The van der Waals surface area contributed by atoms with Gasteiger partial charge in [-0.15, -0.1) is 0 Å². The molecular formula is C20H23BrN6O4S. The number of aromatic nitrogens is 4. The molecule has 10 nitrogen and oxygen atoms in total. The van der Waals surface area contributed by atoms with Crippen LogP contribution in [-0.2, 0) is 10.2 Å². The van der Waals surface area contributed by atoms with E-state index in [-0.39, 0.29) is 55.4 Å². The molecule has 0 atom stereocenters. The molecule has 0 aliphatic rings. The van der Waals surface area contributed by atoms with E-state index in [1.54, 1.807) is 31.2 Å². The molecule has 0 amide bonds. The Hall–Kier alpha value is -2.83. The summed E-state index contributed by atoms with van der Waals surface area (Å²) in [4.78, 5) is 15.7. The standard InChI is InChI=1S/C20H23BrN6O4S/c1-3-8-26-32(28,29)27-18-17(15-4-6-16(21)7-5-15)19(25-13-24-18)30-9-10-31-20-22-11-14(2)12-23-20/h4-7,11-13,26H,3,8-10H2,1-2H3,(H,24,25,27)/i11D,12D,13D. The second kappa shape index (κ2) is 11.2. The highest BCUT2D eigenvalue weighted by Gasteiger charge is 2.19. The number of hydrogen-bond donors (Lipinski definition) is 2. The summed E-state index contributed by atoms with van der Waals surface area (Å²) in [6.45, 7) is 3.49. The lowest BCUT2D eigenvalue weighted by atomic mass is 10.1. The van der Waals surface area contributed by atoms with Gasteiger partial charge in [-0.3, -0.25) is 4.72 Å². The fourth-order valence-corrected chi connectivity index (χ4v) is 3.65. The van der Waals surface area contributed by atoms with E-state index in [0.29, 0.717) is 17.5 Å². The summed E-state index contributed by atoms with van der Waals surface area (Å²) >= 11 is 3.36. The maximum Gasteiger partial charge on any atom is 0.316 e. The maximum absolute atomic E-state index is 12.5. The minimum absolute atomic E-state index is 0.0312. The van der Waals surface area contributed by atoms with Crippen LogP contribution in [0.2, 0.25) is 0 Å². The number of ether oxygens (including phenoxy) is 2. The van der Waals surface area contributed by atoms with E-state index in [1.165, 1.54) is 0 Å². The van der Waals surface area contributed by atoms with Crippen LogP contribution in [0.1, 0.15) is 23.0 Å². The molecule has 0 aliphatic heterocycles. The van der Waals surface area contributed by atoms with Crippen molar-refractivity contribution < 1.29 is 22.0 Å². The predicted molar refractivity (Wildman–Crippen MR) is 124 cm³/mol. The highest BCUT2D eigenvalue weighted by atomic mass is 79.9. The first kappa shape index (κ1) is 19.8. The first-order chi connectivity index (χ1) is 16.6.